The molecule has 0 atom stereocenters. The Morgan fingerprint density at radius 1 is 1.00 bits per heavy atom. The maximum Gasteiger partial charge on any atom is 0.245 e. The highest BCUT2D eigenvalue weighted by atomic mass is 32.2. The highest BCUT2D eigenvalue weighted by molar-refractivity contribution is 7.92. The van der Waals surface area contributed by atoms with Gasteiger partial charge in [0.15, 0.2) is 0 Å². The van der Waals surface area contributed by atoms with Gasteiger partial charge in [-0.05, 0) is 36.1 Å². The van der Waals surface area contributed by atoms with Gasteiger partial charge in [-0.25, -0.2) is 8.42 Å². The van der Waals surface area contributed by atoms with Crippen LogP contribution in [0.2, 0.25) is 0 Å². The lowest BCUT2D eigenvalue weighted by Crippen LogP contribution is -2.37. The van der Waals surface area contributed by atoms with Crippen molar-refractivity contribution in [2.45, 2.75) is 6.92 Å². The van der Waals surface area contributed by atoms with Crippen LogP contribution in [-0.2, 0) is 14.8 Å². The molecule has 134 valence electrons. The van der Waals surface area contributed by atoms with Crippen LogP contribution >= 0.6 is 0 Å². The zero-order valence-corrected chi connectivity index (χ0v) is 15.5. The quantitative estimate of drug-likeness (QED) is 0.749. The Kier molecular flexibility index (Phi) is 4.95. The molecular weight excluding hydrogens is 348 g/mol. The number of hydrogen-bond acceptors (Lipinski definition) is 3. The van der Waals surface area contributed by atoms with E-state index in [9.17, 15) is 13.2 Å². The minimum absolute atomic E-state index is 0.291. The number of nitrogens with zero attached hydrogens (tertiary/aromatic N) is 1. The monoisotopic (exact) mass is 368 g/mol. The second-order valence-corrected chi connectivity index (χ2v) is 8.09. The van der Waals surface area contributed by atoms with E-state index in [1.807, 2.05) is 55.5 Å². The fourth-order valence-corrected chi connectivity index (χ4v) is 3.73. The van der Waals surface area contributed by atoms with Crippen molar-refractivity contribution < 1.29 is 13.2 Å². The molecule has 0 aliphatic heterocycles. The lowest BCUT2D eigenvalue weighted by atomic mass is 10.1. The minimum atomic E-state index is -3.63. The van der Waals surface area contributed by atoms with Gasteiger partial charge >= 0.3 is 0 Å². The maximum atomic E-state index is 12.5. The number of aryl methyl sites for hydroxylation is 1. The average molecular weight is 368 g/mol. The molecule has 26 heavy (non-hydrogen) atoms. The van der Waals surface area contributed by atoms with Crippen LogP contribution < -0.4 is 9.62 Å². The number of benzene rings is 3. The number of nitrogens with one attached hydrogen (secondary N) is 1. The normalized spacial score (nSPS) is 11.3. The molecule has 1 amide bonds. The second kappa shape index (κ2) is 7.17. The topological polar surface area (TPSA) is 66.5 Å². The van der Waals surface area contributed by atoms with E-state index in [0.29, 0.717) is 11.4 Å². The summed E-state index contributed by atoms with van der Waals surface area (Å²) in [5.74, 6) is -0.394. The molecule has 0 aromatic heterocycles. The molecule has 0 unspecified atom stereocenters. The Labute approximate surface area is 153 Å². The molecule has 3 rings (SSSR count). The first-order valence-electron chi connectivity index (χ1n) is 8.16. The molecule has 0 saturated carbocycles. The summed E-state index contributed by atoms with van der Waals surface area (Å²) in [6.07, 6.45) is 1.11. The largest absolute Gasteiger partial charge is 0.325 e. The smallest absolute Gasteiger partial charge is 0.245 e. The van der Waals surface area contributed by atoms with Gasteiger partial charge in [-0.1, -0.05) is 48.5 Å². The fourth-order valence-electron chi connectivity index (χ4n) is 2.86. The van der Waals surface area contributed by atoms with Crippen LogP contribution in [0.5, 0.6) is 0 Å². The molecule has 0 fully saturated rings. The summed E-state index contributed by atoms with van der Waals surface area (Å²) in [5.41, 5.74) is 2.14. The predicted molar refractivity (Wildman–Crippen MR) is 106 cm³/mol. The molecular formula is C20H20N2O3S. The van der Waals surface area contributed by atoms with Crippen molar-refractivity contribution in [1.29, 1.82) is 0 Å². The third-order valence-electron chi connectivity index (χ3n) is 4.02. The van der Waals surface area contributed by atoms with E-state index in [2.05, 4.69) is 5.32 Å². The summed E-state index contributed by atoms with van der Waals surface area (Å²) in [6, 6.07) is 20.3. The highest BCUT2D eigenvalue weighted by Gasteiger charge is 2.22. The summed E-state index contributed by atoms with van der Waals surface area (Å²) >= 11 is 0. The predicted octanol–water partition coefficient (Wildman–Crippen LogP) is 3.55. The number of carbonyl (C=O) groups excluding carboxylic acids is 1. The first-order valence-corrected chi connectivity index (χ1v) is 10.0. The molecule has 0 saturated heterocycles. The molecule has 0 spiro atoms. The summed E-state index contributed by atoms with van der Waals surface area (Å²) in [6.45, 7) is 1.63. The fraction of sp³-hybridized carbons (Fsp3) is 0.150. The van der Waals surface area contributed by atoms with Crippen molar-refractivity contribution in [2.24, 2.45) is 0 Å². The number of amides is 1. The van der Waals surface area contributed by atoms with Crippen molar-refractivity contribution in [2.75, 3.05) is 22.4 Å². The van der Waals surface area contributed by atoms with Gasteiger partial charge in [-0.3, -0.25) is 9.10 Å². The van der Waals surface area contributed by atoms with E-state index in [1.54, 1.807) is 18.2 Å². The van der Waals surface area contributed by atoms with Crippen LogP contribution in [0.1, 0.15) is 5.56 Å². The van der Waals surface area contributed by atoms with Gasteiger partial charge < -0.3 is 5.32 Å². The van der Waals surface area contributed by atoms with Crippen LogP contribution in [0.25, 0.3) is 10.8 Å². The lowest BCUT2D eigenvalue weighted by molar-refractivity contribution is -0.114. The summed E-state index contributed by atoms with van der Waals surface area (Å²) in [5, 5.41) is 4.45. The zero-order valence-electron chi connectivity index (χ0n) is 14.6. The van der Waals surface area contributed by atoms with Crippen molar-refractivity contribution in [3.63, 3.8) is 0 Å². The number of carbonyl (C=O) groups is 1. The number of anilines is 2. The van der Waals surface area contributed by atoms with E-state index in [4.69, 9.17) is 0 Å². The molecule has 1 N–H and O–H groups in total. The third kappa shape index (κ3) is 4.03. The highest BCUT2D eigenvalue weighted by Crippen LogP contribution is 2.28. The van der Waals surface area contributed by atoms with Gasteiger partial charge in [0.1, 0.15) is 6.54 Å². The van der Waals surface area contributed by atoms with Gasteiger partial charge in [0.2, 0.25) is 15.9 Å². The van der Waals surface area contributed by atoms with Crippen molar-refractivity contribution in [3.05, 3.63) is 72.3 Å². The van der Waals surface area contributed by atoms with Crippen LogP contribution in [0.4, 0.5) is 11.4 Å². The Balaban J connectivity index is 1.93. The minimum Gasteiger partial charge on any atom is -0.325 e. The summed E-state index contributed by atoms with van der Waals surface area (Å²) < 4.78 is 25.9. The number of hydrogen-bond donors (Lipinski definition) is 1. The maximum absolute atomic E-state index is 12.5. The molecule has 0 heterocycles. The van der Waals surface area contributed by atoms with Gasteiger partial charge in [0, 0.05) is 11.1 Å². The third-order valence-corrected chi connectivity index (χ3v) is 5.15. The van der Waals surface area contributed by atoms with E-state index < -0.39 is 15.9 Å². The molecule has 0 radical (unpaired) electrons. The van der Waals surface area contributed by atoms with Crippen LogP contribution in [-0.4, -0.2) is 27.1 Å². The standard InChI is InChI=1S/C20H20N2O3S/c1-15-7-5-10-17(13-15)21-20(23)14-22(26(2,24)25)19-12-6-9-16-8-3-4-11-18(16)19/h3-13H,14H2,1-2H3,(H,21,23). The molecule has 0 aliphatic carbocycles. The first-order chi connectivity index (χ1) is 12.3. The lowest BCUT2D eigenvalue weighted by Gasteiger charge is -2.23. The van der Waals surface area contributed by atoms with E-state index in [1.165, 1.54) is 0 Å². The van der Waals surface area contributed by atoms with Gasteiger partial charge in [0.05, 0.1) is 11.9 Å². The molecule has 3 aromatic carbocycles. The Morgan fingerprint density at radius 3 is 2.42 bits per heavy atom. The van der Waals surface area contributed by atoms with E-state index in [0.717, 1.165) is 26.9 Å². The van der Waals surface area contributed by atoms with Gasteiger partial charge in [-0.15, -0.1) is 0 Å². The number of sulfonamides is 1. The van der Waals surface area contributed by atoms with Crippen molar-refractivity contribution in [3.8, 4) is 0 Å². The Hall–Kier alpha value is -2.86. The van der Waals surface area contributed by atoms with Crippen LogP contribution in [0.15, 0.2) is 66.7 Å². The molecule has 3 aromatic rings. The van der Waals surface area contributed by atoms with E-state index >= 15 is 0 Å². The second-order valence-electron chi connectivity index (χ2n) is 6.19. The summed E-state index contributed by atoms with van der Waals surface area (Å²) in [4.78, 5) is 12.5. The average Bonchev–Trinajstić information content (AvgIpc) is 2.58. The van der Waals surface area contributed by atoms with Crippen molar-refractivity contribution in [1.82, 2.24) is 0 Å². The van der Waals surface area contributed by atoms with E-state index in [-0.39, 0.29) is 6.54 Å². The molecule has 0 aliphatic rings. The van der Waals surface area contributed by atoms with Gasteiger partial charge in [-0.2, -0.15) is 0 Å². The molecule has 0 bridgehead atoms. The summed E-state index contributed by atoms with van der Waals surface area (Å²) in [7, 11) is -3.63. The molecule has 5 nitrogen and oxygen atoms in total. The number of rotatable bonds is 5. The molecule has 6 heteroatoms. The zero-order chi connectivity index (χ0) is 18.7. The SMILES string of the molecule is Cc1cccc(NC(=O)CN(c2cccc3ccccc23)S(C)(=O)=O)c1. The number of fused-ring (bicyclic) bond motifs is 1. The Morgan fingerprint density at radius 2 is 1.69 bits per heavy atom. The van der Waals surface area contributed by atoms with Crippen LogP contribution in [0, 0.1) is 6.92 Å². The van der Waals surface area contributed by atoms with Crippen molar-refractivity contribution >= 4 is 38.1 Å². The Bertz CT molecular complexity index is 1060. The first kappa shape index (κ1) is 17.9. The van der Waals surface area contributed by atoms with Gasteiger partial charge in [0.25, 0.3) is 0 Å². The van der Waals surface area contributed by atoms with Crippen LogP contribution in [0.3, 0.4) is 0 Å².